The van der Waals surface area contributed by atoms with Gasteiger partial charge in [-0.3, -0.25) is 0 Å². The molecular weight excluding hydrogens is 282 g/mol. The molecular formula is C15H19N5O2. The van der Waals surface area contributed by atoms with Crippen molar-refractivity contribution in [1.82, 2.24) is 19.9 Å². The van der Waals surface area contributed by atoms with Gasteiger partial charge in [0.15, 0.2) is 0 Å². The fourth-order valence-corrected chi connectivity index (χ4v) is 3.97. The van der Waals surface area contributed by atoms with Crippen LogP contribution in [0.3, 0.4) is 0 Å². The second kappa shape index (κ2) is 4.86. The number of anilines is 1. The number of amides is 1. The van der Waals surface area contributed by atoms with Crippen molar-refractivity contribution < 1.29 is 9.90 Å². The van der Waals surface area contributed by atoms with Crippen molar-refractivity contribution in [2.24, 2.45) is 0 Å². The molecule has 0 saturated carbocycles. The highest BCUT2D eigenvalue weighted by atomic mass is 16.4. The molecule has 4 rings (SSSR count). The van der Waals surface area contributed by atoms with Crippen molar-refractivity contribution in [2.75, 3.05) is 18.0 Å². The van der Waals surface area contributed by atoms with Crippen LogP contribution in [0.2, 0.25) is 0 Å². The van der Waals surface area contributed by atoms with Crippen molar-refractivity contribution in [3.63, 3.8) is 0 Å². The lowest BCUT2D eigenvalue weighted by molar-refractivity contribution is 0.105. The van der Waals surface area contributed by atoms with E-state index >= 15 is 0 Å². The summed E-state index contributed by atoms with van der Waals surface area (Å²) in [5, 5.41) is 10.4. The number of aromatic nitrogens is 3. The van der Waals surface area contributed by atoms with Gasteiger partial charge >= 0.3 is 6.09 Å². The van der Waals surface area contributed by atoms with E-state index in [1.165, 1.54) is 0 Å². The summed E-state index contributed by atoms with van der Waals surface area (Å²) in [7, 11) is 0. The van der Waals surface area contributed by atoms with Crippen LogP contribution in [-0.4, -0.2) is 56.2 Å². The maximum absolute atomic E-state index is 11.4. The first-order chi connectivity index (χ1) is 10.6. The van der Waals surface area contributed by atoms with E-state index in [2.05, 4.69) is 25.9 Å². The van der Waals surface area contributed by atoms with Crippen molar-refractivity contribution >= 4 is 22.9 Å². The average molecular weight is 301 g/mol. The Morgan fingerprint density at radius 1 is 1.32 bits per heavy atom. The topological polar surface area (TPSA) is 85.3 Å². The van der Waals surface area contributed by atoms with E-state index in [-0.39, 0.29) is 12.1 Å². The zero-order chi connectivity index (χ0) is 15.3. The van der Waals surface area contributed by atoms with Gasteiger partial charge < -0.3 is 19.9 Å². The Kier molecular flexibility index (Phi) is 2.95. The number of nitrogens with zero attached hydrogens (tertiary/aromatic N) is 4. The number of hydrogen-bond acceptors (Lipinski definition) is 4. The second-order valence-electron chi connectivity index (χ2n) is 6.15. The third-order valence-electron chi connectivity index (χ3n) is 4.87. The van der Waals surface area contributed by atoms with Gasteiger partial charge in [-0.15, -0.1) is 0 Å². The summed E-state index contributed by atoms with van der Waals surface area (Å²) in [6, 6.07) is 2.37. The summed E-state index contributed by atoms with van der Waals surface area (Å²) in [5.41, 5.74) is 1.90. The van der Waals surface area contributed by atoms with Gasteiger partial charge in [-0.25, -0.2) is 14.8 Å². The lowest BCUT2D eigenvalue weighted by Crippen LogP contribution is -2.51. The standard InChI is InChI=1S/C15H19N5O2/c1-9-7-10-13(18-9)16-8-17-14(10)19-6-4-12-11(19)3-2-5-20(12)15(21)22/h7-8,11-12H,2-6H2,1H3,(H,21,22)(H,16,17,18). The molecule has 0 aliphatic carbocycles. The maximum atomic E-state index is 11.4. The fourth-order valence-electron chi connectivity index (χ4n) is 3.97. The zero-order valence-electron chi connectivity index (χ0n) is 12.5. The lowest BCUT2D eigenvalue weighted by atomic mass is 9.97. The Hall–Kier alpha value is -2.31. The Morgan fingerprint density at radius 3 is 3.00 bits per heavy atom. The van der Waals surface area contributed by atoms with Crippen LogP contribution in [0.1, 0.15) is 25.0 Å². The number of H-pyrrole nitrogens is 1. The molecule has 2 unspecified atom stereocenters. The minimum Gasteiger partial charge on any atom is -0.465 e. The minimum absolute atomic E-state index is 0.0799. The molecule has 0 spiro atoms. The van der Waals surface area contributed by atoms with Gasteiger partial charge in [0.2, 0.25) is 0 Å². The molecule has 2 N–H and O–H groups in total. The zero-order valence-corrected chi connectivity index (χ0v) is 12.5. The van der Waals surface area contributed by atoms with E-state index in [4.69, 9.17) is 0 Å². The quantitative estimate of drug-likeness (QED) is 0.841. The number of piperidine rings is 1. The summed E-state index contributed by atoms with van der Waals surface area (Å²) in [5.74, 6) is 0.925. The minimum atomic E-state index is -0.804. The average Bonchev–Trinajstić information content (AvgIpc) is 3.08. The first kappa shape index (κ1) is 13.4. The van der Waals surface area contributed by atoms with Crippen molar-refractivity contribution in [3.05, 3.63) is 18.1 Å². The monoisotopic (exact) mass is 301 g/mol. The summed E-state index contributed by atoms with van der Waals surface area (Å²) < 4.78 is 0. The van der Waals surface area contributed by atoms with Gasteiger partial charge in [0, 0.05) is 18.8 Å². The van der Waals surface area contributed by atoms with Crippen molar-refractivity contribution in [2.45, 2.75) is 38.3 Å². The SMILES string of the molecule is Cc1cc2c(N3CCC4C3CCCN4C(=O)O)ncnc2[nH]1. The Balaban J connectivity index is 1.72. The molecule has 7 heteroatoms. The van der Waals surface area contributed by atoms with Crippen molar-refractivity contribution in [3.8, 4) is 0 Å². The highest BCUT2D eigenvalue weighted by Gasteiger charge is 2.43. The molecule has 0 bridgehead atoms. The molecule has 2 aromatic rings. The largest absolute Gasteiger partial charge is 0.465 e. The Bertz CT molecular complexity index is 728. The number of fused-ring (bicyclic) bond motifs is 2. The molecule has 2 saturated heterocycles. The third-order valence-corrected chi connectivity index (χ3v) is 4.87. The van der Waals surface area contributed by atoms with Gasteiger partial charge in [0.1, 0.15) is 17.8 Å². The molecule has 22 heavy (non-hydrogen) atoms. The summed E-state index contributed by atoms with van der Waals surface area (Å²) in [4.78, 5) is 27.3. The molecule has 4 heterocycles. The molecule has 0 radical (unpaired) electrons. The molecule has 7 nitrogen and oxygen atoms in total. The van der Waals surface area contributed by atoms with E-state index in [1.807, 2.05) is 6.92 Å². The maximum Gasteiger partial charge on any atom is 0.407 e. The number of likely N-dealkylation sites (tertiary alicyclic amines) is 1. The Labute approximate surface area is 128 Å². The summed E-state index contributed by atoms with van der Waals surface area (Å²) in [6.45, 7) is 3.49. The smallest absolute Gasteiger partial charge is 0.407 e. The van der Waals surface area contributed by atoms with E-state index in [0.717, 1.165) is 48.4 Å². The van der Waals surface area contributed by atoms with E-state index < -0.39 is 6.09 Å². The van der Waals surface area contributed by atoms with Gasteiger partial charge in [-0.05, 0) is 32.3 Å². The van der Waals surface area contributed by atoms with Gasteiger partial charge in [0.05, 0.1) is 17.5 Å². The summed E-state index contributed by atoms with van der Waals surface area (Å²) >= 11 is 0. The molecule has 0 aromatic carbocycles. The molecule has 2 aliphatic heterocycles. The van der Waals surface area contributed by atoms with Crippen LogP contribution in [-0.2, 0) is 0 Å². The van der Waals surface area contributed by atoms with Crippen LogP contribution in [0.25, 0.3) is 11.0 Å². The molecule has 2 aromatic heterocycles. The van der Waals surface area contributed by atoms with Crippen LogP contribution < -0.4 is 4.90 Å². The van der Waals surface area contributed by atoms with Crippen LogP contribution in [0.4, 0.5) is 10.6 Å². The highest BCUT2D eigenvalue weighted by molar-refractivity contribution is 5.88. The third kappa shape index (κ3) is 1.92. The second-order valence-corrected chi connectivity index (χ2v) is 6.15. The van der Waals surface area contributed by atoms with Crippen LogP contribution in [0.5, 0.6) is 0 Å². The predicted octanol–water partition coefficient (Wildman–Crippen LogP) is 1.99. The van der Waals surface area contributed by atoms with Gasteiger partial charge in [-0.1, -0.05) is 0 Å². The molecule has 2 fully saturated rings. The lowest BCUT2D eigenvalue weighted by Gasteiger charge is -2.38. The predicted molar refractivity (Wildman–Crippen MR) is 82.1 cm³/mol. The van der Waals surface area contributed by atoms with E-state index in [0.29, 0.717) is 6.54 Å². The number of aryl methyl sites for hydroxylation is 1. The molecule has 116 valence electrons. The first-order valence-corrected chi connectivity index (χ1v) is 7.71. The number of aromatic amines is 1. The van der Waals surface area contributed by atoms with Crippen LogP contribution in [0.15, 0.2) is 12.4 Å². The first-order valence-electron chi connectivity index (χ1n) is 7.71. The van der Waals surface area contributed by atoms with Gasteiger partial charge in [-0.2, -0.15) is 0 Å². The normalized spacial score (nSPS) is 24.8. The molecule has 2 atom stereocenters. The van der Waals surface area contributed by atoms with E-state index in [9.17, 15) is 9.90 Å². The molecule has 1 amide bonds. The number of nitrogens with one attached hydrogen (secondary N) is 1. The Morgan fingerprint density at radius 2 is 2.18 bits per heavy atom. The van der Waals surface area contributed by atoms with Crippen molar-refractivity contribution in [1.29, 1.82) is 0 Å². The number of rotatable bonds is 1. The van der Waals surface area contributed by atoms with Crippen LogP contribution in [0, 0.1) is 6.92 Å². The number of hydrogen-bond donors (Lipinski definition) is 2. The van der Waals surface area contributed by atoms with Crippen LogP contribution >= 0.6 is 0 Å². The molecule has 2 aliphatic rings. The fraction of sp³-hybridized carbons (Fsp3) is 0.533. The van der Waals surface area contributed by atoms with Gasteiger partial charge in [0.25, 0.3) is 0 Å². The number of carboxylic acid groups (broad SMARTS) is 1. The number of carbonyl (C=O) groups is 1. The summed E-state index contributed by atoms with van der Waals surface area (Å²) in [6.07, 6.45) is 3.57. The highest BCUT2D eigenvalue weighted by Crippen LogP contribution is 2.36. The van der Waals surface area contributed by atoms with E-state index in [1.54, 1.807) is 11.2 Å².